The van der Waals surface area contributed by atoms with E-state index in [0.717, 1.165) is 18.6 Å². The first-order valence-corrected chi connectivity index (χ1v) is 12.5. The Bertz CT molecular complexity index is 907. The molecule has 3 rings (SSSR count). The molecule has 1 aromatic rings. The summed E-state index contributed by atoms with van der Waals surface area (Å²) in [5, 5.41) is 0. The number of nitrogens with zero attached hydrogens (tertiary/aromatic N) is 4. The maximum absolute atomic E-state index is 12.7. The third-order valence-electron chi connectivity index (χ3n) is 5.73. The van der Waals surface area contributed by atoms with Gasteiger partial charge < -0.3 is 14.4 Å². The third-order valence-corrected chi connectivity index (χ3v) is 7.89. The number of carbonyl (C=O) groups excluding carboxylic acids is 1. The van der Waals surface area contributed by atoms with Crippen LogP contribution in [0, 0.1) is 12.3 Å². The first kappa shape index (κ1) is 24.3. The van der Waals surface area contributed by atoms with Crippen LogP contribution in [-0.2, 0) is 20.5 Å². The first-order chi connectivity index (χ1) is 14.5. The van der Waals surface area contributed by atoms with Crippen molar-refractivity contribution in [2.75, 3.05) is 31.2 Å². The van der Waals surface area contributed by atoms with Crippen molar-refractivity contribution >= 4 is 44.4 Å². The summed E-state index contributed by atoms with van der Waals surface area (Å²) < 4.78 is 28.6. The number of piperidine rings is 1. The van der Waals surface area contributed by atoms with Crippen LogP contribution >= 0.6 is 15.9 Å². The molecule has 2 aliphatic rings. The van der Waals surface area contributed by atoms with Gasteiger partial charge in [0.25, 0.3) is 0 Å². The largest absolute Gasteiger partial charge is 0.461 e. The van der Waals surface area contributed by atoms with E-state index >= 15 is 0 Å². The maximum atomic E-state index is 12.7. The van der Waals surface area contributed by atoms with E-state index in [0.29, 0.717) is 35.8 Å². The highest BCUT2D eigenvalue weighted by atomic mass is 79.9. The van der Waals surface area contributed by atoms with Crippen molar-refractivity contribution in [1.82, 2.24) is 9.97 Å². The highest BCUT2D eigenvalue weighted by Crippen LogP contribution is 2.42. The molecule has 1 aromatic heterocycles. The fourth-order valence-electron chi connectivity index (χ4n) is 3.86. The van der Waals surface area contributed by atoms with Gasteiger partial charge in [0.15, 0.2) is 11.5 Å². The monoisotopic (exact) mass is 514 g/mol. The smallest absolute Gasteiger partial charge is 0.360 e. The molecule has 8 nitrogen and oxygen atoms in total. The zero-order valence-electron chi connectivity index (χ0n) is 19.0. The molecule has 2 atom stereocenters. The predicted molar refractivity (Wildman–Crippen MR) is 125 cm³/mol. The predicted octanol–water partition coefficient (Wildman–Crippen LogP) is 3.63. The molecule has 0 saturated carbocycles. The van der Waals surface area contributed by atoms with E-state index in [1.165, 1.54) is 0 Å². The van der Waals surface area contributed by atoms with Crippen molar-refractivity contribution in [3.8, 4) is 0 Å². The van der Waals surface area contributed by atoms with Gasteiger partial charge in [-0.25, -0.2) is 19.0 Å². The lowest BCUT2D eigenvalue weighted by molar-refractivity contribution is 0.0519. The summed E-state index contributed by atoms with van der Waals surface area (Å²) in [6, 6.07) is 0. The van der Waals surface area contributed by atoms with Crippen LogP contribution in [0.25, 0.3) is 0 Å². The Balaban J connectivity index is 1.87. The standard InChI is InChI=1S/C21H31BrN4O4S/c1-7-29-19(27)15-18(23-13(2)17(22)24-15)26-10-8-21(9-11-26)12-30-14(3)16(21)25-31(28)20(4,5)6/h14H,7-12H2,1-6H3/t14-,31-/m0/s1. The molecule has 0 amide bonds. The molecular weight excluding hydrogens is 484 g/mol. The minimum absolute atomic E-state index is 0.150. The summed E-state index contributed by atoms with van der Waals surface area (Å²) in [7, 11) is -1.33. The lowest BCUT2D eigenvalue weighted by Gasteiger charge is -2.39. The number of carbonyl (C=O) groups is 1. The van der Waals surface area contributed by atoms with Crippen molar-refractivity contribution in [2.45, 2.75) is 65.2 Å². The number of hydrogen-bond acceptors (Lipinski definition) is 7. The van der Waals surface area contributed by atoms with E-state index in [4.69, 9.17) is 9.47 Å². The first-order valence-electron chi connectivity index (χ1n) is 10.6. The lowest BCUT2D eigenvalue weighted by atomic mass is 9.75. The number of aromatic nitrogens is 2. The van der Waals surface area contributed by atoms with Crippen LogP contribution in [0.4, 0.5) is 5.82 Å². The van der Waals surface area contributed by atoms with Crippen LogP contribution < -0.4 is 4.90 Å². The fourth-order valence-corrected chi connectivity index (χ4v) is 4.92. The molecule has 10 heteroatoms. The van der Waals surface area contributed by atoms with Gasteiger partial charge in [-0.05, 0) is 70.3 Å². The van der Waals surface area contributed by atoms with Gasteiger partial charge in [0, 0.05) is 18.5 Å². The fraction of sp³-hybridized carbons (Fsp3) is 0.714. The average molecular weight is 515 g/mol. The van der Waals surface area contributed by atoms with Gasteiger partial charge in [-0.15, -0.1) is 0 Å². The molecule has 0 bridgehead atoms. The molecule has 2 aliphatic heterocycles. The molecule has 0 aliphatic carbocycles. The number of aryl methyl sites for hydroxylation is 1. The second-order valence-corrected chi connectivity index (χ2v) is 11.7. The lowest BCUT2D eigenvalue weighted by Crippen LogP contribution is -2.46. The number of anilines is 1. The SMILES string of the molecule is CCOC(=O)c1nc(Br)c(C)nc1N1CCC2(CC1)CO[C@@H](C)C2=N[S@@](=O)C(C)(C)C. The van der Waals surface area contributed by atoms with Gasteiger partial charge in [-0.3, -0.25) is 0 Å². The topological polar surface area (TPSA) is 94.0 Å². The molecule has 2 saturated heterocycles. The average Bonchev–Trinajstić information content (AvgIpc) is 2.99. The van der Waals surface area contributed by atoms with Gasteiger partial charge in [0.05, 0.1) is 35.5 Å². The van der Waals surface area contributed by atoms with Crippen molar-refractivity contribution in [2.24, 2.45) is 9.81 Å². The Labute approximate surface area is 194 Å². The van der Waals surface area contributed by atoms with E-state index in [1.807, 2.05) is 34.6 Å². The minimum atomic E-state index is -1.33. The van der Waals surface area contributed by atoms with Crippen LogP contribution in [0.1, 0.15) is 63.6 Å². The maximum Gasteiger partial charge on any atom is 0.360 e. The number of hydrogen-bond donors (Lipinski definition) is 0. The van der Waals surface area contributed by atoms with E-state index in [9.17, 15) is 9.00 Å². The number of halogens is 1. The van der Waals surface area contributed by atoms with E-state index < -0.39 is 21.7 Å². The van der Waals surface area contributed by atoms with E-state index in [-0.39, 0.29) is 23.8 Å². The molecule has 172 valence electrons. The Kier molecular flexibility index (Phi) is 7.22. The number of ether oxygens (including phenoxy) is 2. The zero-order valence-corrected chi connectivity index (χ0v) is 21.4. The summed E-state index contributed by atoms with van der Waals surface area (Å²) in [5.74, 6) is 0.0596. The summed E-state index contributed by atoms with van der Waals surface area (Å²) in [6.07, 6.45) is 1.40. The minimum Gasteiger partial charge on any atom is -0.461 e. The Morgan fingerprint density at radius 2 is 2.00 bits per heavy atom. The summed E-state index contributed by atoms with van der Waals surface area (Å²) in [6.45, 7) is 13.5. The van der Waals surface area contributed by atoms with Gasteiger partial charge in [-0.1, -0.05) is 0 Å². The Morgan fingerprint density at radius 1 is 1.35 bits per heavy atom. The third kappa shape index (κ3) is 5.01. The van der Waals surface area contributed by atoms with Gasteiger partial charge in [0.2, 0.25) is 0 Å². The van der Waals surface area contributed by atoms with Gasteiger partial charge >= 0.3 is 5.97 Å². The molecule has 0 unspecified atom stereocenters. The van der Waals surface area contributed by atoms with Gasteiger partial charge in [0.1, 0.15) is 15.6 Å². The van der Waals surface area contributed by atoms with E-state index in [2.05, 4.69) is 35.2 Å². The highest BCUT2D eigenvalue weighted by Gasteiger charge is 2.48. The van der Waals surface area contributed by atoms with Crippen molar-refractivity contribution in [3.63, 3.8) is 0 Å². The normalized spacial score (nSPS) is 23.4. The van der Waals surface area contributed by atoms with Gasteiger partial charge in [-0.2, -0.15) is 4.40 Å². The molecule has 31 heavy (non-hydrogen) atoms. The molecule has 1 spiro atoms. The van der Waals surface area contributed by atoms with Crippen molar-refractivity contribution < 1.29 is 18.5 Å². The zero-order chi connectivity index (χ0) is 23.0. The molecule has 2 fully saturated rings. The molecule has 3 heterocycles. The van der Waals surface area contributed by atoms with Crippen LogP contribution in [0.5, 0.6) is 0 Å². The van der Waals surface area contributed by atoms with E-state index in [1.54, 1.807) is 6.92 Å². The molecule has 0 aromatic carbocycles. The van der Waals surface area contributed by atoms with Crippen LogP contribution in [0.15, 0.2) is 9.00 Å². The Hall–Kier alpha value is -1.39. The second-order valence-electron chi connectivity index (χ2n) is 9.05. The van der Waals surface area contributed by atoms with Crippen molar-refractivity contribution in [3.05, 3.63) is 16.0 Å². The molecular formula is C21H31BrN4O4S. The van der Waals surface area contributed by atoms with Crippen LogP contribution in [0.2, 0.25) is 0 Å². The summed E-state index contributed by atoms with van der Waals surface area (Å²) in [5.41, 5.74) is 1.58. The van der Waals surface area contributed by atoms with Crippen LogP contribution in [-0.4, -0.2) is 63.0 Å². The molecule has 0 radical (unpaired) electrons. The van der Waals surface area contributed by atoms with Crippen molar-refractivity contribution in [1.29, 1.82) is 0 Å². The summed E-state index contributed by atoms with van der Waals surface area (Å²) >= 11 is 3.36. The summed E-state index contributed by atoms with van der Waals surface area (Å²) in [4.78, 5) is 23.6. The Morgan fingerprint density at radius 3 is 2.58 bits per heavy atom. The number of esters is 1. The van der Waals surface area contributed by atoms with Crippen LogP contribution in [0.3, 0.4) is 0 Å². The highest BCUT2D eigenvalue weighted by molar-refractivity contribution is 9.10. The molecule has 0 N–H and O–H groups in total. The quantitative estimate of drug-likeness (QED) is 0.566. The second kappa shape index (κ2) is 9.23. The number of rotatable bonds is 4.